The van der Waals surface area contributed by atoms with Gasteiger partial charge in [-0.2, -0.15) is 5.26 Å². The summed E-state index contributed by atoms with van der Waals surface area (Å²) in [6.45, 7) is 9.30. The quantitative estimate of drug-likeness (QED) is 0.315. The smallest absolute Gasteiger partial charge is 0.103 e. The number of nitrogens with zero attached hydrogens (tertiary/aromatic N) is 3. The lowest BCUT2D eigenvalue weighted by Gasteiger charge is -2.24. The number of nitriles is 1. The highest BCUT2D eigenvalue weighted by Gasteiger charge is 2.32. The van der Waals surface area contributed by atoms with Crippen LogP contribution >= 0.6 is 11.6 Å². The van der Waals surface area contributed by atoms with Crippen LogP contribution < -0.4 is 21.6 Å². The summed E-state index contributed by atoms with van der Waals surface area (Å²) in [5, 5.41) is 20.5. The van der Waals surface area contributed by atoms with Crippen LogP contribution in [0, 0.1) is 23.7 Å². The van der Waals surface area contributed by atoms with Crippen molar-refractivity contribution in [2.45, 2.75) is 52.6 Å². The Morgan fingerprint density at radius 1 is 1.25 bits per heavy atom. The summed E-state index contributed by atoms with van der Waals surface area (Å²) >= 11 is 6.75. The lowest BCUT2D eigenvalue weighted by Crippen LogP contribution is -2.38. The van der Waals surface area contributed by atoms with Crippen LogP contribution in [0.4, 0.5) is 11.4 Å². The van der Waals surface area contributed by atoms with Crippen molar-refractivity contribution in [3.05, 3.63) is 76.2 Å². The van der Waals surface area contributed by atoms with Gasteiger partial charge in [-0.1, -0.05) is 56.6 Å². The lowest BCUT2D eigenvalue weighted by molar-refractivity contribution is 0.260. The molecule has 5 rings (SSSR count). The fraction of sp³-hybridized carbons (Fsp3) is 0.357. The first-order chi connectivity index (χ1) is 17.2. The number of benzene rings is 2. The lowest BCUT2D eigenvalue weighted by atomic mass is 9.96. The standard InChI is InChI=1S/C28H32ClN7/c1-17-7-5-6-8-21(17)27(24-15-36(35-34-24)20-9-10-20)33-19-11-22-25(32-16-28(2,3)4)18(13-30)14-31-26(22)23(29)12-19/h5-8,11-12,14-15,20,27,33-35H,9-10,16H2,1-4H3,(H,31,32)/t27-/m0/s1. The van der Waals surface area contributed by atoms with Crippen LogP contribution in [0.15, 0.2) is 54.5 Å². The Labute approximate surface area is 217 Å². The van der Waals surface area contributed by atoms with E-state index in [2.05, 4.69) is 95.8 Å². The van der Waals surface area contributed by atoms with Crippen LogP contribution in [0.1, 0.15) is 56.3 Å². The number of hydrogen-bond donors (Lipinski definition) is 4. The SMILES string of the molecule is Cc1ccccc1[C@H](Nc1cc(Cl)c2ncc(C#N)c(NCC(C)(C)C)c2c1)C1=CN(C2CC2)NN1. The number of anilines is 2. The van der Waals surface area contributed by atoms with E-state index in [1.807, 2.05) is 12.1 Å². The summed E-state index contributed by atoms with van der Waals surface area (Å²) in [6.07, 6.45) is 6.13. The van der Waals surface area contributed by atoms with Gasteiger partial charge in [-0.25, -0.2) is 0 Å². The molecule has 0 bridgehead atoms. The number of rotatable bonds is 7. The second-order valence-corrected chi connectivity index (χ2v) is 11.2. The Kier molecular flexibility index (Phi) is 6.42. The molecule has 0 unspecified atom stereocenters. The van der Waals surface area contributed by atoms with Gasteiger partial charge in [0.1, 0.15) is 6.07 Å². The predicted octanol–water partition coefficient (Wildman–Crippen LogP) is 6.01. The van der Waals surface area contributed by atoms with Crippen molar-refractivity contribution < 1.29 is 0 Å². The number of hydrazine groups is 2. The van der Waals surface area contributed by atoms with E-state index in [9.17, 15) is 5.26 Å². The molecule has 0 amide bonds. The fourth-order valence-electron chi connectivity index (χ4n) is 4.41. The third-order valence-corrected chi connectivity index (χ3v) is 6.80. The monoisotopic (exact) mass is 501 g/mol. The first-order valence-electron chi connectivity index (χ1n) is 12.3. The van der Waals surface area contributed by atoms with Gasteiger partial charge in [0.25, 0.3) is 0 Å². The molecule has 7 nitrogen and oxygen atoms in total. The van der Waals surface area contributed by atoms with Crippen LogP contribution in [0.5, 0.6) is 0 Å². The Hall–Kier alpha value is -3.47. The average molecular weight is 502 g/mol. The molecule has 1 saturated carbocycles. The summed E-state index contributed by atoms with van der Waals surface area (Å²) in [5.74, 6) is 0. The van der Waals surface area contributed by atoms with Crippen molar-refractivity contribution >= 4 is 33.9 Å². The summed E-state index contributed by atoms with van der Waals surface area (Å²) in [6, 6.07) is 15.0. The number of fused-ring (bicyclic) bond motifs is 1. The van der Waals surface area contributed by atoms with Gasteiger partial charge >= 0.3 is 0 Å². The van der Waals surface area contributed by atoms with E-state index in [4.69, 9.17) is 11.6 Å². The van der Waals surface area contributed by atoms with E-state index in [-0.39, 0.29) is 11.5 Å². The molecule has 0 radical (unpaired) electrons. The number of halogens is 1. The fourth-order valence-corrected chi connectivity index (χ4v) is 4.68. The van der Waals surface area contributed by atoms with E-state index in [0.717, 1.165) is 22.5 Å². The van der Waals surface area contributed by atoms with Crippen LogP contribution in [0.25, 0.3) is 10.9 Å². The largest absolute Gasteiger partial charge is 0.383 e. The van der Waals surface area contributed by atoms with Gasteiger partial charge < -0.3 is 16.1 Å². The molecule has 1 fully saturated rings. The van der Waals surface area contributed by atoms with Gasteiger partial charge in [0.2, 0.25) is 0 Å². The molecule has 2 aliphatic rings. The Balaban J connectivity index is 1.57. The van der Waals surface area contributed by atoms with Gasteiger partial charge in [-0.15, -0.1) is 5.53 Å². The van der Waals surface area contributed by atoms with Crippen molar-refractivity contribution in [2.24, 2.45) is 5.41 Å². The number of nitrogens with one attached hydrogen (secondary N) is 4. The number of aromatic nitrogens is 1. The molecule has 1 aliphatic carbocycles. The molecule has 1 aromatic heterocycles. The second kappa shape index (κ2) is 9.53. The molecule has 8 heteroatoms. The molecule has 36 heavy (non-hydrogen) atoms. The van der Waals surface area contributed by atoms with Crippen LogP contribution in [0.2, 0.25) is 5.02 Å². The third-order valence-electron chi connectivity index (χ3n) is 6.51. The Morgan fingerprint density at radius 3 is 2.72 bits per heavy atom. The molecule has 0 saturated heterocycles. The number of hydrogen-bond acceptors (Lipinski definition) is 7. The summed E-state index contributed by atoms with van der Waals surface area (Å²) in [4.78, 5) is 4.50. The molecular formula is C28H32ClN7. The molecule has 4 N–H and O–H groups in total. The number of pyridine rings is 1. The molecule has 186 valence electrons. The van der Waals surface area contributed by atoms with Gasteiger partial charge in [-0.3, -0.25) is 9.99 Å². The minimum atomic E-state index is -0.131. The maximum Gasteiger partial charge on any atom is 0.103 e. The van der Waals surface area contributed by atoms with Crippen molar-refractivity contribution in [2.75, 3.05) is 17.2 Å². The summed E-state index contributed by atoms with van der Waals surface area (Å²) < 4.78 is 0. The second-order valence-electron chi connectivity index (χ2n) is 10.8. The van der Waals surface area contributed by atoms with Gasteiger partial charge in [0, 0.05) is 36.1 Å². The van der Waals surface area contributed by atoms with E-state index >= 15 is 0 Å². The Morgan fingerprint density at radius 2 is 2.03 bits per heavy atom. The normalized spacial score (nSPS) is 16.3. The van der Waals surface area contributed by atoms with Crippen molar-refractivity contribution in [3.63, 3.8) is 0 Å². The maximum atomic E-state index is 9.78. The highest BCUT2D eigenvalue weighted by atomic mass is 35.5. The zero-order valence-electron chi connectivity index (χ0n) is 21.1. The molecule has 1 aliphatic heterocycles. The van der Waals surface area contributed by atoms with E-state index in [1.165, 1.54) is 24.0 Å². The topological polar surface area (TPSA) is 88.0 Å². The average Bonchev–Trinajstić information content (AvgIpc) is 3.57. The minimum Gasteiger partial charge on any atom is -0.383 e. The molecule has 3 aromatic rings. The summed E-state index contributed by atoms with van der Waals surface area (Å²) in [7, 11) is 0. The van der Waals surface area contributed by atoms with E-state index in [1.54, 1.807) is 6.20 Å². The molecule has 2 aromatic carbocycles. The highest BCUT2D eigenvalue weighted by Crippen LogP contribution is 2.37. The van der Waals surface area contributed by atoms with Crippen molar-refractivity contribution in [1.29, 1.82) is 5.26 Å². The highest BCUT2D eigenvalue weighted by molar-refractivity contribution is 6.35. The zero-order chi connectivity index (χ0) is 25.4. The first kappa shape index (κ1) is 24.2. The van der Waals surface area contributed by atoms with Gasteiger partial charge in [0.15, 0.2) is 0 Å². The Bertz CT molecular complexity index is 1360. The minimum absolute atomic E-state index is 0.0406. The molecule has 0 spiro atoms. The molecule has 1 atom stereocenters. The van der Waals surface area contributed by atoms with Crippen molar-refractivity contribution in [1.82, 2.24) is 21.0 Å². The summed E-state index contributed by atoms with van der Waals surface area (Å²) in [5.41, 5.74) is 12.9. The van der Waals surface area contributed by atoms with Crippen LogP contribution in [-0.2, 0) is 0 Å². The zero-order valence-corrected chi connectivity index (χ0v) is 21.9. The number of aryl methyl sites for hydroxylation is 1. The van der Waals surface area contributed by atoms with Gasteiger partial charge in [0.05, 0.1) is 33.5 Å². The van der Waals surface area contributed by atoms with E-state index < -0.39 is 0 Å². The first-order valence-corrected chi connectivity index (χ1v) is 12.7. The van der Waals surface area contributed by atoms with E-state index in [0.29, 0.717) is 28.7 Å². The van der Waals surface area contributed by atoms with Crippen molar-refractivity contribution in [3.8, 4) is 6.07 Å². The third kappa shape index (κ3) is 5.06. The molecule has 2 heterocycles. The van der Waals surface area contributed by atoms with Crippen LogP contribution in [-0.4, -0.2) is 22.6 Å². The van der Waals surface area contributed by atoms with Crippen LogP contribution in [0.3, 0.4) is 0 Å². The molecular weight excluding hydrogens is 470 g/mol. The van der Waals surface area contributed by atoms with Gasteiger partial charge in [-0.05, 0) is 48.4 Å². The maximum absolute atomic E-state index is 9.78. The predicted molar refractivity (Wildman–Crippen MR) is 146 cm³/mol.